The van der Waals surface area contributed by atoms with Crippen molar-refractivity contribution < 1.29 is 27.8 Å². The third kappa shape index (κ3) is 4.81. The number of phenols is 1. The van der Waals surface area contributed by atoms with Gasteiger partial charge in [0.1, 0.15) is 5.75 Å². The number of halogens is 4. The minimum absolute atomic E-state index is 0.0429. The van der Waals surface area contributed by atoms with Crippen LogP contribution in [0.5, 0.6) is 5.75 Å². The Bertz CT molecular complexity index is 422. The summed E-state index contributed by atoms with van der Waals surface area (Å²) in [7, 11) is 0. The van der Waals surface area contributed by atoms with Gasteiger partial charge in [-0.25, -0.2) is 4.79 Å². The molecule has 1 rings (SSSR count). The number of rotatable bonds is 2. The smallest absolute Gasteiger partial charge is 0.422 e. The molecule has 0 heterocycles. The van der Waals surface area contributed by atoms with Crippen molar-refractivity contribution in [3.63, 3.8) is 0 Å². The monoisotopic (exact) mass is 269 g/mol. The third-order valence-corrected chi connectivity index (χ3v) is 1.86. The van der Waals surface area contributed by atoms with Crippen LogP contribution < -0.4 is 5.32 Å². The number of amides is 1. The van der Waals surface area contributed by atoms with Crippen molar-refractivity contribution in [2.45, 2.75) is 6.18 Å². The van der Waals surface area contributed by atoms with Gasteiger partial charge >= 0.3 is 12.3 Å². The lowest BCUT2D eigenvalue weighted by molar-refractivity contribution is -0.159. The Labute approximate surface area is 98.9 Å². The molecule has 0 bridgehead atoms. The number of nitrogens with one attached hydrogen (secondary N) is 1. The van der Waals surface area contributed by atoms with E-state index in [9.17, 15) is 18.0 Å². The van der Waals surface area contributed by atoms with Gasteiger partial charge in [-0.1, -0.05) is 11.6 Å². The highest BCUT2D eigenvalue weighted by molar-refractivity contribution is 6.32. The average Bonchev–Trinajstić information content (AvgIpc) is 2.20. The maximum absolute atomic E-state index is 11.7. The summed E-state index contributed by atoms with van der Waals surface area (Å²) in [5, 5.41) is 11.0. The molecular formula is C9H7ClF3NO3. The molecule has 1 aromatic rings. The molecule has 1 aromatic carbocycles. The average molecular weight is 270 g/mol. The maximum atomic E-state index is 11.7. The Morgan fingerprint density at radius 1 is 1.47 bits per heavy atom. The summed E-state index contributed by atoms with van der Waals surface area (Å²) in [4.78, 5) is 10.9. The van der Waals surface area contributed by atoms with Crippen molar-refractivity contribution in [1.29, 1.82) is 0 Å². The molecule has 8 heteroatoms. The third-order valence-electron chi connectivity index (χ3n) is 1.56. The molecule has 0 aromatic heterocycles. The van der Waals surface area contributed by atoms with E-state index in [1.807, 2.05) is 5.32 Å². The van der Waals surface area contributed by atoms with Gasteiger partial charge in [0.15, 0.2) is 6.61 Å². The first-order chi connectivity index (χ1) is 7.78. The van der Waals surface area contributed by atoms with Gasteiger partial charge in [-0.15, -0.1) is 0 Å². The molecule has 2 N–H and O–H groups in total. The van der Waals surface area contributed by atoms with E-state index < -0.39 is 18.9 Å². The Kier molecular flexibility index (Phi) is 4.06. The second-order valence-corrected chi connectivity index (χ2v) is 3.39. The van der Waals surface area contributed by atoms with E-state index in [-0.39, 0.29) is 16.5 Å². The molecule has 17 heavy (non-hydrogen) atoms. The number of aromatic hydroxyl groups is 1. The zero-order chi connectivity index (χ0) is 13.1. The fourth-order valence-corrected chi connectivity index (χ4v) is 1.07. The van der Waals surface area contributed by atoms with Crippen LogP contribution in [0, 0.1) is 0 Å². The van der Waals surface area contributed by atoms with E-state index in [2.05, 4.69) is 4.74 Å². The quantitative estimate of drug-likeness (QED) is 0.811. The van der Waals surface area contributed by atoms with Crippen LogP contribution in [0.25, 0.3) is 0 Å². The van der Waals surface area contributed by atoms with E-state index in [1.165, 1.54) is 18.2 Å². The number of carbonyl (C=O) groups is 1. The number of hydrogen-bond acceptors (Lipinski definition) is 3. The highest BCUT2D eigenvalue weighted by Crippen LogP contribution is 2.26. The van der Waals surface area contributed by atoms with Crippen molar-refractivity contribution in [1.82, 2.24) is 0 Å². The minimum Gasteiger partial charge on any atom is -0.506 e. The van der Waals surface area contributed by atoms with E-state index in [0.29, 0.717) is 0 Å². The van der Waals surface area contributed by atoms with Crippen molar-refractivity contribution in [2.75, 3.05) is 11.9 Å². The van der Waals surface area contributed by atoms with Crippen molar-refractivity contribution in [3.8, 4) is 5.75 Å². The molecule has 0 aliphatic heterocycles. The predicted molar refractivity (Wildman–Crippen MR) is 54.1 cm³/mol. The molecule has 0 radical (unpaired) electrons. The van der Waals surface area contributed by atoms with Crippen molar-refractivity contribution >= 4 is 23.4 Å². The normalized spacial score (nSPS) is 11.1. The zero-order valence-corrected chi connectivity index (χ0v) is 8.97. The SMILES string of the molecule is O=C(Nc1ccc(O)c(Cl)c1)OCC(F)(F)F. The number of ether oxygens (including phenoxy) is 1. The maximum Gasteiger partial charge on any atom is 0.422 e. The highest BCUT2D eigenvalue weighted by atomic mass is 35.5. The van der Waals surface area contributed by atoms with Crippen LogP contribution in [0.15, 0.2) is 18.2 Å². The Balaban J connectivity index is 2.54. The summed E-state index contributed by atoms with van der Waals surface area (Å²) in [6.07, 6.45) is -5.84. The first-order valence-corrected chi connectivity index (χ1v) is 4.65. The molecular weight excluding hydrogens is 263 g/mol. The largest absolute Gasteiger partial charge is 0.506 e. The number of alkyl halides is 3. The first kappa shape index (κ1) is 13.4. The van der Waals surface area contributed by atoms with Gasteiger partial charge in [0.05, 0.1) is 5.02 Å². The lowest BCUT2D eigenvalue weighted by Gasteiger charge is -2.09. The Hall–Kier alpha value is -1.63. The van der Waals surface area contributed by atoms with Gasteiger partial charge in [0, 0.05) is 5.69 Å². The highest BCUT2D eigenvalue weighted by Gasteiger charge is 2.29. The fourth-order valence-electron chi connectivity index (χ4n) is 0.886. The summed E-state index contributed by atoms with van der Waals surface area (Å²) in [5.74, 6) is -0.208. The van der Waals surface area contributed by atoms with Crippen molar-refractivity contribution in [2.24, 2.45) is 0 Å². The summed E-state index contributed by atoms with van der Waals surface area (Å²) >= 11 is 5.52. The molecule has 0 fully saturated rings. The molecule has 0 saturated carbocycles. The molecule has 0 spiro atoms. The fraction of sp³-hybridized carbons (Fsp3) is 0.222. The van der Waals surface area contributed by atoms with Crippen LogP contribution in [0.3, 0.4) is 0 Å². The lowest BCUT2D eigenvalue weighted by Crippen LogP contribution is -2.23. The van der Waals surface area contributed by atoms with Crippen LogP contribution in [0.1, 0.15) is 0 Å². The molecule has 0 aliphatic carbocycles. The van der Waals surface area contributed by atoms with Gasteiger partial charge < -0.3 is 9.84 Å². The van der Waals surface area contributed by atoms with Crippen LogP contribution in [0.4, 0.5) is 23.7 Å². The number of hydrogen-bond donors (Lipinski definition) is 2. The molecule has 4 nitrogen and oxygen atoms in total. The van der Waals surface area contributed by atoms with Gasteiger partial charge in [0.2, 0.25) is 0 Å². The van der Waals surface area contributed by atoms with E-state index in [1.54, 1.807) is 0 Å². The van der Waals surface area contributed by atoms with Crippen LogP contribution in [0.2, 0.25) is 5.02 Å². The lowest BCUT2D eigenvalue weighted by atomic mass is 10.3. The Morgan fingerprint density at radius 3 is 2.65 bits per heavy atom. The minimum atomic E-state index is -4.58. The van der Waals surface area contributed by atoms with Crippen LogP contribution >= 0.6 is 11.6 Å². The first-order valence-electron chi connectivity index (χ1n) is 4.27. The molecule has 0 atom stereocenters. The Morgan fingerprint density at radius 2 is 2.12 bits per heavy atom. The molecule has 0 aliphatic rings. The van der Waals surface area contributed by atoms with Gasteiger partial charge in [-0.05, 0) is 18.2 Å². The standard InChI is InChI=1S/C9H7ClF3NO3/c10-6-3-5(1-2-7(6)15)14-8(16)17-4-9(11,12)13/h1-3,15H,4H2,(H,14,16). The number of carbonyl (C=O) groups excluding carboxylic acids is 1. The number of anilines is 1. The molecule has 94 valence electrons. The zero-order valence-electron chi connectivity index (χ0n) is 8.21. The molecule has 0 unspecified atom stereocenters. The second kappa shape index (κ2) is 5.13. The topological polar surface area (TPSA) is 58.6 Å². The number of benzene rings is 1. The molecule has 1 amide bonds. The summed E-state index contributed by atoms with van der Waals surface area (Å²) in [6, 6.07) is 3.61. The van der Waals surface area contributed by atoms with Crippen molar-refractivity contribution in [3.05, 3.63) is 23.2 Å². The molecule has 0 saturated heterocycles. The van der Waals surface area contributed by atoms with E-state index in [0.717, 1.165) is 0 Å². The van der Waals surface area contributed by atoms with E-state index >= 15 is 0 Å². The van der Waals surface area contributed by atoms with Gasteiger partial charge in [0.25, 0.3) is 0 Å². The van der Waals surface area contributed by atoms with Crippen LogP contribution in [-0.2, 0) is 4.74 Å². The summed E-state index contributed by atoms with van der Waals surface area (Å²) < 4.78 is 39.0. The summed E-state index contributed by atoms with van der Waals surface area (Å²) in [6.45, 7) is -1.68. The van der Waals surface area contributed by atoms with Gasteiger partial charge in [-0.2, -0.15) is 13.2 Å². The van der Waals surface area contributed by atoms with Crippen LogP contribution in [-0.4, -0.2) is 24.0 Å². The summed E-state index contributed by atoms with van der Waals surface area (Å²) in [5.41, 5.74) is 0.111. The number of phenolic OH excluding ortho intramolecular Hbond substituents is 1. The second-order valence-electron chi connectivity index (χ2n) is 2.98. The van der Waals surface area contributed by atoms with Gasteiger partial charge in [-0.3, -0.25) is 5.32 Å². The predicted octanol–water partition coefficient (Wildman–Crippen LogP) is 3.16. The van der Waals surface area contributed by atoms with E-state index in [4.69, 9.17) is 16.7 Å².